The fraction of sp³-hybridized carbons (Fsp3) is 0.545. The predicted molar refractivity (Wildman–Crippen MR) is 111 cm³/mol. The van der Waals surface area contributed by atoms with Crippen molar-refractivity contribution in [3.8, 4) is 11.3 Å². The monoisotopic (exact) mass is 398 g/mol. The summed E-state index contributed by atoms with van der Waals surface area (Å²) in [5.74, 6) is 1.82. The maximum atomic E-state index is 12.9. The number of hydrogen-bond acceptors (Lipinski definition) is 3. The number of nitrogens with zero attached hydrogens (tertiary/aromatic N) is 3. The molecule has 1 saturated carbocycles. The van der Waals surface area contributed by atoms with Gasteiger partial charge in [-0.05, 0) is 56.2 Å². The normalized spacial score (nSPS) is 20.9. The third kappa shape index (κ3) is 3.25. The van der Waals surface area contributed by atoms with Crippen LogP contribution in [0.15, 0.2) is 24.3 Å². The van der Waals surface area contributed by atoms with Crippen molar-refractivity contribution in [2.24, 2.45) is 5.92 Å². The fourth-order valence-electron chi connectivity index (χ4n) is 4.77. The van der Waals surface area contributed by atoms with Crippen LogP contribution in [0.1, 0.15) is 54.2 Å². The maximum Gasteiger partial charge on any atom is 0.290 e. The van der Waals surface area contributed by atoms with Crippen LogP contribution >= 0.6 is 11.6 Å². The zero-order chi connectivity index (χ0) is 19.1. The Labute approximate surface area is 171 Å². The van der Waals surface area contributed by atoms with Gasteiger partial charge in [0.25, 0.3) is 5.91 Å². The Morgan fingerprint density at radius 2 is 1.82 bits per heavy atom. The van der Waals surface area contributed by atoms with E-state index in [0.717, 1.165) is 44.0 Å². The molecule has 28 heavy (non-hydrogen) atoms. The first-order valence-electron chi connectivity index (χ1n) is 10.6. The molecule has 5 nitrogen and oxygen atoms in total. The molecule has 3 heterocycles. The lowest BCUT2D eigenvalue weighted by atomic mass is 9.85. The number of carbonyl (C=O) groups is 1. The molecular weight excluding hydrogens is 372 g/mol. The number of amides is 1. The van der Waals surface area contributed by atoms with Crippen LogP contribution in [0.4, 0.5) is 0 Å². The van der Waals surface area contributed by atoms with Gasteiger partial charge < -0.3 is 14.8 Å². The van der Waals surface area contributed by atoms with Crippen LogP contribution in [-0.4, -0.2) is 46.5 Å². The summed E-state index contributed by atoms with van der Waals surface area (Å²) >= 11 is 6.50. The molecule has 0 bridgehead atoms. The Hall–Kier alpha value is -1.85. The van der Waals surface area contributed by atoms with Crippen molar-refractivity contribution in [3.63, 3.8) is 0 Å². The van der Waals surface area contributed by atoms with Gasteiger partial charge >= 0.3 is 0 Å². The van der Waals surface area contributed by atoms with Gasteiger partial charge in [-0.3, -0.25) is 4.79 Å². The summed E-state index contributed by atoms with van der Waals surface area (Å²) in [6.07, 6.45) is 6.16. The van der Waals surface area contributed by atoms with Crippen molar-refractivity contribution in [2.45, 2.75) is 44.6 Å². The van der Waals surface area contributed by atoms with Crippen molar-refractivity contribution in [3.05, 3.63) is 40.8 Å². The van der Waals surface area contributed by atoms with E-state index >= 15 is 0 Å². The Morgan fingerprint density at radius 1 is 1.07 bits per heavy atom. The van der Waals surface area contributed by atoms with Gasteiger partial charge in [0.1, 0.15) is 0 Å². The molecule has 148 valence electrons. The highest BCUT2D eigenvalue weighted by Crippen LogP contribution is 2.34. The summed E-state index contributed by atoms with van der Waals surface area (Å²) < 4.78 is 2.02. The SMILES string of the molecule is O=C1c2nc(Cl)c(-c3ccc(C4CCNCC4)cc3)n2CCN1CC1CCC1. The smallest absolute Gasteiger partial charge is 0.290 e. The zero-order valence-electron chi connectivity index (χ0n) is 16.2. The van der Waals surface area contributed by atoms with Gasteiger partial charge in [0.15, 0.2) is 5.15 Å². The number of imidazole rings is 1. The van der Waals surface area contributed by atoms with Crippen LogP contribution < -0.4 is 5.32 Å². The van der Waals surface area contributed by atoms with E-state index in [-0.39, 0.29) is 5.91 Å². The number of aromatic nitrogens is 2. The van der Waals surface area contributed by atoms with Crippen LogP contribution in [0.5, 0.6) is 0 Å². The molecule has 0 unspecified atom stereocenters. The highest BCUT2D eigenvalue weighted by molar-refractivity contribution is 6.32. The lowest BCUT2D eigenvalue weighted by Crippen LogP contribution is -2.44. The van der Waals surface area contributed by atoms with Crippen molar-refractivity contribution in [1.82, 2.24) is 19.8 Å². The molecule has 3 aliphatic rings. The molecule has 6 heteroatoms. The minimum Gasteiger partial charge on any atom is -0.334 e. The van der Waals surface area contributed by atoms with E-state index < -0.39 is 0 Å². The van der Waals surface area contributed by atoms with Gasteiger partial charge in [0.2, 0.25) is 5.82 Å². The van der Waals surface area contributed by atoms with Crippen LogP contribution in [0.3, 0.4) is 0 Å². The minimum atomic E-state index is 0.0256. The summed E-state index contributed by atoms with van der Waals surface area (Å²) in [7, 11) is 0. The molecule has 0 spiro atoms. The van der Waals surface area contributed by atoms with Crippen LogP contribution in [-0.2, 0) is 6.54 Å². The molecule has 1 aromatic heterocycles. The van der Waals surface area contributed by atoms with Gasteiger partial charge in [-0.25, -0.2) is 4.98 Å². The first kappa shape index (κ1) is 18.2. The quantitative estimate of drug-likeness (QED) is 0.848. The van der Waals surface area contributed by atoms with E-state index in [2.05, 4.69) is 34.6 Å². The molecular formula is C22H27ClN4O. The molecule has 1 N–H and O–H groups in total. The van der Waals surface area contributed by atoms with E-state index in [4.69, 9.17) is 11.6 Å². The second-order valence-electron chi connectivity index (χ2n) is 8.42. The van der Waals surface area contributed by atoms with Crippen molar-refractivity contribution in [1.29, 1.82) is 0 Å². The van der Waals surface area contributed by atoms with Crippen LogP contribution in [0.25, 0.3) is 11.3 Å². The van der Waals surface area contributed by atoms with E-state index in [0.29, 0.717) is 22.8 Å². The lowest BCUT2D eigenvalue weighted by molar-refractivity contribution is 0.0632. The number of rotatable bonds is 4. The Balaban J connectivity index is 1.39. The number of halogens is 1. The average Bonchev–Trinajstić information content (AvgIpc) is 3.04. The second kappa shape index (κ2) is 7.53. The maximum absolute atomic E-state index is 12.9. The minimum absolute atomic E-state index is 0.0256. The third-order valence-corrected chi connectivity index (χ3v) is 6.96. The predicted octanol–water partition coefficient (Wildman–Crippen LogP) is 3.93. The Morgan fingerprint density at radius 3 is 2.50 bits per heavy atom. The molecule has 1 aliphatic carbocycles. The lowest BCUT2D eigenvalue weighted by Gasteiger charge is -2.34. The second-order valence-corrected chi connectivity index (χ2v) is 8.78. The molecule has 2 fully saturated rings. The van der Waals surface area contributed by atoms with Crippen molar-refractivity contribution < 1.29 is 4.79 Å². The molecule has 5 rings (SSSR count). The van der Waals surface area contributed by atoms with Crippen molar-refractivity contribution >= 4 is 17.5 Å². The molecule has 0 atom stereocenters. The number of fused-ring (bicyclic) bond motifs is 1. The van der Waals surface area contributed by atoms with Gasteiger partial charge in [-0.1, -0.05) is 42.3 Å². The number of hydrogen-bond donors (Lipinski definition) is 1. The fourth-order valence-corrected chi connectivity index (χ4v) is 5.06. The van der Waals surface area contributed by atoms with Gasteiger partial charge in [-0.15, -0.1) is 0 Å². The van der Waals surface area contributed by atoms with Gasteiger partial charge in [-0.2, -0.15) is 0 Å². The zero-order valence-corrected chi connectivity index (χ0v) is 16.9. The highest BCUT2D eigenvalue weighted by atomic mass is 35.5. The first-order valence-corrected chi connectivity index (χ1v) is 10.9. The molecule has 2 aromatic rings. The molecule has 2 aliphatic heterocycles. The van der Waals surface area contributed by atoms with E-state index in [1.54, 1.807) is 0 Å². The summed E-state index contributed by atoms with van der Waals surface area (Å²) in [5.41, 5.74) is 3.31. The van der Waals surface area contributed by atoms with Crippen LogP contribution in [0, 0.1) is 5.92 Å². The van der Waals surface area contributed by atoms with Gasteiger partial charge in [0.05, 0.1) is 5.69 Å². The highest BCUT2D eigenvalue weighted by Gasteiger charge is 2.32. The van der Waals surface area contributed by atoms with E-state index in [9.17, 15) is 4.79 Å². The Bertz CT molecular complexity index is 865. The van der Waals surface area contributed by atoms with Crippen molar-refractivity contribution in [2.75, 3.05) is 26.2 Å². The van der Waals surface area contributed by atoms with E-state index in [1.807, 2.05) is 9.47 Å². The summed E-state index contributed by atoms with van der Waals surface area (Å²) in [6.45, 7) is 4.55. The topological polar surface area (TPSA) is 50.2 Å². The number of nitrogens with one attached hydrogen (secondary N) is 1. The molecule has 1 aromatic carbocycles. The summed E-state index contributed by atoms with van der Waals surface area (Å²) in [4.78, 5) is 19.3. The molecule has 1 saturated heterocycles. The number of carbonyl (C=O) groups excluding carboxylic acids is 1. The summed E-state index contributed by atoms with van der Waals surface area (Å²) in [5, 5.41) is 3.86. The largest absolute Gasteiger partial charge is 0.334 e. The molecule has 1 amide bonds. The average molecular weight is 399 g/mol. The Kier molecular flexibility index (Phi) is 4.89. The van der Waals surface area contributed by atoms with E-state index in [1.165, 1.54) is 37.7 Å². The standard InChI is InChI=1S/C22H27ClN4O/c23-20-19(18-6-4-16(5-7-18)17-8-10-24-11-9-17)27-13-12-26(14-15-2-1-3-15)22(28)21(27)25-20/h4-7,15,17,24H,1-3,8-14H2. The first-order chi connectivity index (χ1) is 13.7. The number of piperidine rings is 1. The third-order valence-electron chi connectivity index (χ3n) is 6.70. The van der Waals surface area contributed by atoms with Gasteiger partial charge in [0, 0.05) is 25.2 Å². The molecule has 0 radical (unpaired) electrons. The summed E-state index contributed by atoms with van der Waals surface area (Å²) in [6, 6.07) is 8.71. The van der Waals surface area contributed by atoms with Crippen LogP contribution in [0.2, 0.25) is 5.15 Å². The number of benzene rings is 1.